The molecule has 0 saturated carbocycles. The fourth-order valence-electron chi connectivity index (χ4n) is 1.41. The monoisotopic (exact) mass is 266 g/mol. The summed E-state index contributed by atoms with van der Waals surface area (Å²) >= 11 is 0. The predicted molar refractivity (Wildman–Crippen MR) is 72.7 cm³/mol. The molecule has 0 spiro atoms. The molecule has 0 aliphatic carbocycles. The number of benzene rings is 1. The standard InChI is InChI=1S/C12H18N4O3/c1-19-5-4-15-11(17)7-16-10-3-2-8(12(14)18)6-9(10)13/h2-3,6,16H,4-5,7,13H2,1H3,(H2,14,18)(H,15,17). The van der Waals surface area contributed by atoms with Crippen LogP contribution in [0.5, 0.6) is 0 Å². The van der Waals surface area contributed by atoms with Crippen molar-refractivity contribution in [1.82, 2.24) is 5.32 Å². The summed E-state index contributed by atoms with van der Waals surface area (Å²) in [5.74, 6) is -0.717. The van der Waals surface area contributed by atoms with Crippen molar-refractivity contribution < 1.29 is 14.3 Å². The first-order chi connectivity index (χ1) is 9.04. The molecule has 0 saturated heterocycles. The van der Waals surface area contributed by atoms with Crippen LogP contribution in [0.2, 0.25) is 0 Å². The van der Waals surface area contributed by atoms with Crippen molar-refractivity contribution in [3.63, 3.8) is 0 Å². The molecule has 19 heavy (non-hydrogen) atoms. The maximum atomic E-state index is 11.4. The van der Waals surface area contributed by atoms with Crippen LogP contribution in [0.4, 0.5) is 11.4 Å². The van der Waals surface area contributed by atoms with Gasteiger partial charge in [0.15, 0.2) is 0 Å². The van der Waals surface area contributed by atoms with Gasteiger partial charge >= 0.3 is 0 Å². The molecule has 2 amide bonds. The number of methoxy groups -OCH3 is 1. The molecule has 0 unspecified atom stereocenters. The number of carbonyl (C=O) groups is 2. The van der Waals surface area contributed by atoms with Crippen molar-refractivity contribution in [2.75, 3.05) is 37.9 Å². The minimum absolute atomic E-state index is 0.0871. The zero-order valence-corrected chi connectivity index (χ0v) is 10.7. The van der Waals surface area contributed by atoms with E-state index in [1.165, 1.54) is 6.07 Å². The van der Waals surface area contributed by atoms with Crippen LogP contribution in [0.1, 0.15) is 10.4 Å². The van der Waals surface area contributed by atoms with Gasteiger partial charge in [0.1, 0.15) is 0 Å². The van der Waals surface area contributed by atoms with Gasteiger partial charge in [0.25, 0.3) is 0 Å². The van der Waals surface area contributed by atoms with Crippen LogP contribution in [0.3, 0.4) is 0 Å². The van der Waals surface area contributed by atoms with Crippen LogP contribution in [0, 0.1) is 0 Å². The number of nitrogen functional groups attached to an aromatic ring is 1. The Hall–Kier alpha value is -2.28. The second-order valence-corrected chi connectivity index (χ2v) is 3.86. The number of hydrogen-bond acceptors (Lipinski definition) is 5. The normalized spacial score (nSPS) is 9.95. The highest BCUT2D eigenvalue weighted by molar-refractivity contribution is 5.95. The van der Waals surface area contributed by atoms with E-state index in [1.54, 1.807) is 19.2 Å². The Morgan fingerprint density at radius 3 is 2.68 bits per heavy atom. The van der Waals surface area contributed by atoms with Crippen LogP contribution < -0.4 is 22.1 Å². The maximum Gasteiger partial charge on any atom is 0.248 e. The number of anilines is 2. The zero-order chi connectivity index (χ0) is 14.3. The van der Waals surface area contributed by atoms with E-state index in [9.17, 15) is 9.59 Å². The zero-order valence-electron chi connectivity index (χ0n) is 10.7. The van der Waals surface area contributed by atoms with Gasteiger partial charge in [-0.3, -0.25) is 9.59 Å². The number of nitrogens with one attached hydrogen (secondary N) is 2. The Labute approximate surface area is 111 Å². The van der Waals surface area contributed by atoms with E-state index in [0.29, 0.717) is 30.1 Å². The molecule has 0 bridgehead atoms. The molecule has 0 aliphatic heterocycles. The molecule has 7 heteroatoms. The van der Waals surface area contributed by atoms with Gasteiger partial charge in [-0.05, 0) is 18.2 Å². The van der Waals surface area contributed by atoms with Gasteiger partial charge in [0.05, 0.1) is 24.5 Å². The largest absolute Gasteiger partial charge is 0.397 e. The fraction of sp³-hybridized carbons (Fsp3) is 0.333. The molecule has 0 atom stereocenters. The number of ether oxygens (including phenoxy) is 1. The summed E-state index contributed by atoms with van der Waals surface area (Å²) in [6.07, 6.45) is 0. The van der Waals surface area contributed by atoms with Crippen LogP contribution in [0.15, 0.2) is 18.2 Å². The fourth-order valence-corrected chi connectivity index (χ4v) is 1.41. The average molecular weight is 266 g/mol. The highest BCUT2D eigenvalue weighted by Gasteiger charge is 2.06. The minimum atomic E-state index is -0.546. The van der Waals surface area contributed by atoms with Crippen molar-refractivity contribution in [3.8, 4) is 0 Å². The molecule has 0 fully saturated rings. The Morgan fingerprint density at radius 2 is 2.11 bits per heavy atom. The first kappa shape index (κ1) is 14.8. The lowest BCUT2D eigenvalue weighted by Gasteiger charge is -2.10. The summed E-state index contributed by atoms with van der Waals surface area (Å²) in [5.41, 5.74) is 12.1. The smallest absolute Gasteiger partial charge is 0.248 e. The molecule has 0 aliphatic rings. The molecule has 1 rings (SSSR count). The van der Waals surface area contributed by atoms with E-state index >= 15 is 0 Å². The molecule has 104 valence electrons. The number of rotatable bonds is 7. The van der Waals surface area contributed by atoms with Gasteiger partial charge < -0.3 is 26.8 Å². The second-order valence-electron chi connectivity index (χ2n) is 3.86. The first-order valence-electron chi connectivity index (χ1n) is 5.73. The van der Waals surface area contributed by atoms with Crippen molar-refractivity contribution in [1.29, 1.82) is 0 Å². The van der Waals surface area contributed by atoms with Crippen molar-refractivity contribution in [2.24, 2.45) is 5.73 Å². The summed E-state index contributed by atoms with van der Waals surface area (Å²) in [7, 11) is 1.56. The number of nitrogens with two attached hydrogens (primary N) is 2. The SMILES string of the molecule is COCCNC(=O)CNc1ccc(C(N)=O)cc1N. The molecule has 0 radical (unpaired) electrons. The van der Waals surface area contributed by atoms with Crippen molar-refractivity contribution in [2.45, 2.75) is 0 Å². The lowest BCUT2D eigenvalue weighted by atomic mass is 10.1. The Kier molecular flexibility index (Phi) is 5.62. The number of amides is 2. The maximum absolute atomic E-state index is 11.4. The average Bonchev–Trinajstić information content (AvgIpc) is 2.37. The third kappa shape index (κ3) is 4.84. The lowest BCUT2D eigenvalue weighted by Crippen LogP contribution is -2.32. The third-order valence-corrected chi connectivity index (χ3v) is 2.40. The van der Waals surface area contributed by atoms with Gasteiger partial charge in [-0.1, -0.05) is 0 Å². The number of carbonyl (C=O) groups excluding carboxylic acids is 2. The van der Waals surface area contributed by atoms with Crippen LogP contribution >= 0.6 is 0 Å². The summed E-state index contributed by atoms with van der Waals surface area (Å²) in [6, 6.07) is 4.62. The molecule has 0 aromatic heterocycles. The van der Waals surface area contributed by atoms with E-state index < -0.39 is 5.91 Å². The first-order valence-corrected chi connectivity index (χ1v) is 5.73. The number of primary amides is 1. The summed E-state index contributed by atoms with van der Waals surface area (Å²) in [4.78, 5) is 22.4. The molecular formula is C12H18N4O3. The van der Waals surface area contributed by atoms with E-state index in [0.717, 1.165) is 0 Å². The van der Waals surface area contributed by atoms with Crippen LogP contribution in [0.25, 0.3) is 0 Å². The second kappa shape index (κ2) is 7.22. The van der Waals surface area contributed by atoms with Crippen LogP contribution in [-0.2, 0) is 9.53 Å². The molecule has 0 heterocycles. The van der Waals surface area contributed by atoms with E-state index in [4.69, 9.17) is 16.2 Å². The van der Waals surface area contributed by atoms with E-state index in [2.05, 4.69) is 10.6 Å². The molecular weight excluding hydrogens is 248 g/mol. The quantitative estimate of drug-likeness (QED) is 0.393. The summed E-state index contributed by atoms with van der Waals surface area (Å²) in [6.45, 7) is 0.998. The molecule has 7 nitrogen and oxygen atoms in total. The van der Waals surface area contributed by atoms with Gasteiger partial charge in [-0.15, -0.1) is 0 Å². The summed E-state index contributed by atoms with van der Waals surface area (Å²) < 4.78 is 4.81. The molecule has 1 aromatic carbocycles. The minimum Gasteiger partial charge on any atom is -0.397 e. The Morgan fingerprint density at radius 1 is 1.37 bits per heavy atom. The third-order valence-electron chi connectivity index (χ3n) is 2.40. The summed E-state index contributed by atoms with van der Waals surface area (Å²) in [5, 5.41) is 5.54. The van der Waals surface area contributed by atoms with E-state index in [-0.39, 0.29) is 12.5 Å². The van der Waals surface area contributed by atoms with Gasteiger partial charge in [0.2, 0.25) is 11.8 Å². The van der Waals surface area contributed by atoms with Gasteiger partial charge in [0, 0.05) is 19.2 Å². The van der Waals surface area contributed by atoms with E-state index in [1.807, 2.05) is 0 Å². The van der Waals surface area contributed by atoms with Gasteiger partial charge in [-0.25, -0.2) is 0 Å². The lowest BCUT2D eigenvalue weighted by molar-refractivity contribution is -0.119. The Bertz CT molecular complexity index is 462. The highest BCUT2D eigenvalue weighted by atomic mass is 16.5. The predicted octanol–water partition coefficient (Wildman–Crippen LogP) is -0.458. The number of hydrogen-bond donors (Lipinski definition) is 4. The topological polar surface area (TPSA) is 119 Å². The molecule has 6 N–H and O–H groups in total. The van der Waals surface area contributed by atoms with Crippen LogP contribution in [-0.4, -0.2) is 38.6 Å². The van der Waals surface area contributed by atoms with Gasteiger partial charge in [-0.2, -0.15) is 0 Å². The van der Waals surface area contributed by atoms with Crippen molar-refractivity contribution in [3.05, 3.63) is 23.8 Å². The highest BCUT2D eigenvalue weighted by Crippen LogP contribution is 2.19. The Balaban J connectivity index is 2.49. The molecule has 1 aromatic rings. The van der Waals surface area contributed by atoms with Crippen molar-refractivity contribution >= 4 is 23.2 Å².